The van der Waals surface area contributed by atoms with E-state index in [0.717, 1.165) is 11.1 Å². The normalized spacial score (nSPS) is 17.4. The molecule has 3 amide bonds. The number of benzene rings is 2. The summed E-state index contributed by atoms with van der Waals surface area (Å²) in [6.45, 7) is 4.16. The van der Waals surface area contributed by atoms with Gasteiger partial charge in [-0.3, -0.25) is 14.5 Å². The Balaban J connectivity index is 1.61. The Kier molecular flexibility index (Phi) is 6.96. The van der Waals surface area contributed by atoms with Crippen LogP contribution < -0.4 is 10.6 Å². The molecular weight excluding hydrogens is 434 g/mol. The molecule has 1 aliphatic rings. The Labute approximate surface area is 197 Å². The van der Waals surface area contributed by atoms with E-state index in [2.05, 4.69) is 10.6 Å². The third-order valence-electron chi connectivity index (χ3n) is 5.66. The molecule has 176 valence electrons. The highest BCUT2D eigenvalue weighted by Crippen LogP contribution is 2.35. The van der Waals surface area contributed by atoms with Crippen LogP contribution in [0.2, 0.25) is 0 Å². The van der Waals surface area contributed by atoms with Gasteiger partial charge in [0.05, 0.1) is 19.4 Å². The van der Waals surface area contributed by atoms with Crippen LogP contribution in [0.1, 0.15) is 41.9 Å². The van der Waals surface area contributed by atoms with Gasteiger partial charge >= 0.3 is 6.09 Å². The molecule has 2 unspecified atom stereocenters. The van der Waals surface area contributed by atoms with Gasteiger partial charge in [-0.15, -0.1) is 0 Å². The SMILES string of the molecule is CCC(=O)Nc1cccc(C2OC(=O)N(Cc3ccc(C)cc3)C2C(=O)NCc2ccco2)c1. The Hall–Kier alpha value is -4.07. The fraction of sp³-hybridized carbons (Fsp3) is 0.269. The van der Waals surface area contributed by atoms with Crippen molar-refractivity contribution in [1.82, 2.24) is 10.2 Å². The first kappa shape index (κ1) is 23.1. The molecule has 0 spiro atoms. The maximum atomic E-state index is 13.3. The molecule has 34 heavy (non-hydrogen) atoms. The van der Waals surface area contributed by atoms with Crippen LogP contribution in [0.15, 0.2) is 71.3 Å². The van der Waals surface area contributed by atoms with Crippen LogP contribution in [0, 0.1) is 6.92 Å². The minimum Gasteiger partial charge on any atom is -0.467 e. The average molecular weight is 462 g/mol. The van der Waals surface area contributed by atoms with Crippen LogP contribution >= 0.6 is 0 Å². The number of furan rings is 1. The lowest BCUT2D eigenvalue weighted by Gasteiger charge is -2.24. The van der Waals surface area contributed by atoms with Crippen LogP contribution in [-0.4, -0.2) is 28.8 Å². The molecular formula is C26H27N3O5. The van der Waals surface area contributed by atoms with Crippen molar-refractivity contribution in [3.05, 3.63) is 89.4 Å². The van der Waals surface area contributed by atoms with Crippen LogP contribution in [0.5, 0.6) is 0 Å². The molecule has 2 N–H and O–H groups in total. The second-order valence-electron chi connectivity index (χ2n) is 8.19. The van der Waals surface area contributed by atoms with E-state index in [0.29, 0.717) is 23.4 Å². The number of carbonyl (C=O) groups excluding carboxylic acids is 3. The molecule has 0 saturated carbocycles. The summed E-state index contributed by atoms with van der Waals surface area (Å²) in [4.78, 5) is 39.5. The molecule has 1 saturated heterocycles. The van der Waals surface area contributed by atoms with E-state index < -0.39 is 18.2 Å². The van der Waals surface area contributed by atoms with Crippen LogP contribution in [0.25, 0.3) is 0 Å². The fourth-order valence-electron chi connectivity index (χ4n) is 3.83. The summed E-state index contributed by atoms with van der Waals surface area (Å²) in [5, 5.41) is 5.66. The Morgan fingerprint density at radius 3 is 2.56 bits per heavy atom. The molecule has 8 nitrogen and oxygen atoms in total. The molecule has 1 aliphatic heterocycles. The van der Waals surface area contributed by atoms with Crippen molar-refractivity contribution in [2.75, 3.05) is 5.32 Å². The fourth-order valence-corrected chi connectivity index (χ4v) is 3.83. The molecule has 0 radical (unpaired) electrons. The summed E-state index contributed by atoms with van der Waals surface area (Å²) in [7, 11) is 0. The summed E-state index contributed by atoms with van der Waals surface area (Å²) >= 11 is 0. The standard InChI is InChI=1S/C26H27N3O5/c1-3-22(30)28-20-7-4-6-19(14-20)24-23(25(31)27-15-21-8-5-13-33-21)29(26(32)34-24)16-18-11-9-17(2)10-12-18/h4-14,23-24H,3,15-16H2,1-2H3,(H,27,31)(H,28,30). The lowest BCUT2D eigenvalue weighted by atomic mass is 10.00. The topological polar surface area (TPSA) is 101 Å². The number of ether oxygens (including phenoxy) is 1. The van der Waals surface area contributed by atoms with Gasteiger partial charge < -0.3 is 19.8 Å². The lowest BCUT2D eigenvalue weighted by molar-refractivity contribution is -0.126. The zero-order valence-electron chi connectivity index (χ0n) is 19.1. The number of nitrogens with zero attached hydrogens (tertiary/aromatic N) is 1. The predicted octanol–water partition coefficient (Wildman–Crippen LogP) is 4.32. The lowest BCUT2D eigenvalue weighted by Crippen LogP contribution is -2.46. The smallest absolute Gasteiger partial charge is 0.411 e. The molecule has 2 aromatic carbocycles. The first-order valence-corrected chi connectivity index (χ1v) is 11.2. The molecule has 8 heteroatoms. The molecule has 2 heterocycles. The van der Waals surface area contributed by atoms with Gasteiger partial charge in [0.25, 0.3) is 0 Å². The van der Waals surface area contributed by atoms with Gasteiger partial charge in [0.2, 0.25) is 11.8 Å². The summed E-state index contributed by atoms with van der Waals surface area (Å²) in [6, 6.07) is 17.4. The van der Waals surface area contributed by atoms with Gasteiger partial charge in [-0.1, -0.05) is 48.9 Å². The highest BCUT2D eigenvalue weighted by atomic mass is 16.6. The van der Waals surface area contributed by atoms with E-state index in [-0.39, 0.29) is 24.9 Å². The number of rotatable bonds is 8. The van der Waals surface area contributed by atoms with Crippen LogP contribution in [0.3, 0.4) is 0 Å². The Bertz CT molecular complexity index is 1160. The predicted molar refractivity (Wildman–Crippen MR) is 126 cm³/mol. The zero-order chi connectivity index (χ0) is 24.1. The van der Waals surface area contributed by atoms with E-state index >= 15 is 0 Å². The maximum absolute atomic E-state index is 13.3. The van der Waals surface area contributed by atoms with E-state index in [1.807, 2.05) is 31.2 Å². The van der Waals surface area contributed by atoms with E-state index in [1.54, 1.807) is 43.3 Å². The van der Waals surface area contributed by atoms with Gasteiger partial charge in [0, 0.05) is 12.1 Å². The summed E-state index contributed by atoms with van der Waals surface area (Å²) in [5.41, 5.74) is 3.18. The second-order valence-corrected chi connectivity index (χ2v) is 8.19. The monoisotopic (exact) mass is 461 g/mol. The first-order valence-electron chi connectivity index (χ1n) is 11.2. The van der Waals surface area contributed by atoms with Crippen molar-refractivity contribution in [3.8, 4) is 0 Å². The van der Waals surface area contributed by atoms with Crippen LogP contribution in [-0.2, 0) is 27.4 Å². The van der Waals surface area contributed by atoms with Gasteiger partial charge in [0.1, 0.15) is 5.76 Å². The van der Waals surface area contributed by atoms with E-state index in [1.165, 1.54) is 11.2 Å². The molecule has 2 atom stereocenters. The van der Waals surface area contributed by atoms with Gasteiger partial charge in [-0.05, 0) is 42.3 Å². The van der Waals surface area contributed by atoms with Crippen molar-refractivity contribution in [1.29, 1.82) is 0 Å². The Morgan fingerprint density at radius 2 is 1.85 bits per heavy atom. The van der Waals surface area contributed by atoms with Gasteiger partial charge in [-0.25, -0.2) is 4.79 Å². The quantitative estimate of drug-likeness (QED) is 0.520. The minimum atomic E-state index is -0.902. The molecule has 1 fully saturated rings. The third kappa shape index (κ3) is 5.28. The minimum absolute atomic E-state index is 0.130. The van der Waals surface area contributed by atoms with Gasteiger partial charge in [0.15, 0.2) is 12.1 Å². The van der Waals surface area contributed by atoms with Crippen molar-refractivity contribution in [3.63, 3.8) is 0 Å². The summed E-state index contributed by atoms with van der Waals surface area (Å²) in [5.74, 6) is 0.112. The summed E-state index contributed by atoms with van der Waals surface area (Å²) < 4.78 is 11.0. The summed E-state index contributed by atoms with van der Waals surface area (Å²) in [6.07, 6.45) is 0.455. The number of hydrogen-bond donors (Lipinski definition) is 2. The molecule has 3 aromatic rings. The molecule has 1 aromatic heterocycles. The molecule has 4 rings (SSSR count). The largest absolute Gasteiger partial charge is 0.467 e. The number of carbonyl (C=O) groups is 3. The van der Waals surface area contributed by atoms with Crippen molar-refractivity contribution in [2.24, 2.45) is 0 Å². The third-order valence-corrected chi connectivity index (χ3v) is 5.66. The molecule has 0 bridgehead atoms. The Morgan fingerprint density at radius 1 is 1.06 bits per heavy atom. The van der Waals surface area contributed by atoms with Crippen LogP contribution in [0.4, 0.5) is 10.5 Å². The average Bonchev–Trinajstić information content (AvgIpc) is 3.47. The number of hydrogen-bond acceptors (Lipinski definition) is 5. The van der Waals surface area contributed by atoms with E-state index in [4.69, 9.17) is 9.15 Å². The maximum Gasteiger partial charge on any atom is 0.411 e. The number of cyclic esters (lactones) is 1. The number of aryl methyl sites for hydroxylation is 1. The number of anilines is 1. The van der Waals surface area contributed by atoms with Crippen molar-refractivity contribution >= 4 is 23.6 Å². The number of amides is 3. The number of nitrogens with one attached hydrogen (secondary N) is 2. The highest BCUT2D eigenvalue weighted by molar-refractivity contribution is 5.91. The zero-order valence-corrected chi connectivity index (χ0v) is 19.1. The second kappa shape index (κ2) is 10.2. The highest BCUT2D eigenvalue weighted by Gasteiger charge is 2.47. The van der Waals surface area contributed by atoms with Crippen molar-refractivity contribution in [2.45, 2.75) is 45.5 Å². The van der Waals surface area contributed by atoms with Crippen molar-refractivity contribution < 1.29 is 23.5 Å². The molecule has 0 aliphatic carbocycles. The van der Waals surface area contributed by atoms with E-state index in [9.17, 15) is 14.4 Å². The first-order chi connectivity index (χ1) is 16.4. The van der Waals surface area contributed by atoms with Gasteiger partial charge in [-0.2, -0.15) is 0 Å².